The Morgan fingerprint density at radius 3 is 2.62 bits per heavy atom. The maximum Gasteiger partial charge on any atom is 0.416 e. The Morgan fingerprint density at radius 2 is 2.06 bits per heavy atom. The molecule has 1 aromatic carbocycles. The van der Waals surface area contributed by atoms with E-state index in [0.29, 0.717) is 16.9 Å². The lowest BCUT2D eigenvalue weighted by molar-refractivity contribution is -0.137. The first kappa shape index (κ1) is 11.3. The molecule has 1 unspecified atom stereocenters. The maximum atomic E-state index is 12.4. The number of hydrogen-bond acceptors (Lipinski definition) is 1. The summed E-state index contributed by atoms with van der Waals surface area (Å²) < 4.78 is 37.3. The van der Waals surface area contributed by atoms with Crippen LogP contribution in [-0.2, 0) is 6.18 Å². The highest BCUT2D eigenvalue weighted by Crippen LogP contribution is 2.31. The number of H-pyrrole nitrogens is 1. The van der Waals surface area contributed by atoms with Gasteiger partial charge >= 0.3 is 6.18 Å². The third kappa shape index (κ3) is 2.00. The van der Waals surface area contributed by atoms with Gasteiger partial charge in [-0.2, -0.15) is 13.2 Å². The van der Waals surface area contributed by atoms with Crippen molar-refractivity contribution in [3.63, 3.8) is 0 Å². The highest BCUT2D eigenvalue weighted by molar-refractivity contribution is 6.20. The third-order valence-electron chi connectivity index (χ3n) is 2.20. The van der Waals surface area contributed by atoms with Crippen molar-refractivity contribution in [1.82, 2.24) is 9.97 Å². The summed E-state index contributed by atoms with van der Waals surface area (Å²) in [6.45, 7) is 1.70. The minimum atomic E-state index is -4.34. The van der Waals surface area contributed by atoms with Crippen LogP contribution in [0.5, 0.6) is 0 Å². The SMILES string of the molecule is CC(Cl)c1nc2ccc(C(F)(F)F)cc2[nH]1. The van der Waals surface area contributed by atoms with E-state index in [9.17, 15) is 13.2 Å². The summed E-state index contributed by atoms with van der Waals surface area (Å²) in [6.07, 6.45) is -4.34. The van der Waals surface area contributed by atoms with E-state index in [1.807, 2.05) is 0 Å². The molecule has 1 aromatic heterocycles. The number of fused-ring (bicyclic) bond motifs is 1. The molecule has 86 valence electrons. The normalized spacial score (nSPS) is 14.3. The van der Waals surface area contributed by atoms with Gasteiger partial charge in [0, 0.05) is 0 Å². The quantitative estimate of drug-likeness (QED) is 0.763. The Labute approximate surface area is 94.4 Å². The first-order valence-electron chi connectivity index (χ1n) is 4.59. The molecule has 0 aliphatic heterocycles. The van der Waals surface area contributed by atoms with Gasteiger partial charge in [0.25, 0.3) is 0 Å². The van der Waals surface area contributed by atoms with Gasteiger partial charge < -0.3 is 4.98 Å². The fourth-order valence-corrected chi connectivity index (χ4v) is 1.50. The minimum Gasteiger partial charge on any atom is -0.341 e. The maximum absolute atomic E-state index is 12.4. The second-order valence-electron chi connectivity index (χ2n) is 3.47. The molecule has 0 radical (unpaired) electrons. The van der Waals surface area contributed by atoms with E-state index in [2.05, 4.69) is 9.97 Å². The molecule has 0 bridgehead atoms. The first-order chi connectivity index (χ1) is 7.38. The number of imidazole rings is 1. The molecule has 1 N–H and O–H groups in total. The number of alkyl halides is 4. The fraction of sp³-hybridized carbons (Fsp3) is 0.300. The summed E-state index contributed by atoms with van der Waals surface area (Å²) in [5.41, 5.74) is 0.130. The van der Waals surface area contributed by atoms with Gasteiger partial charge in [0.2, 0.25) is 0 Å². The number of halogens is 4. The smallest absolute Gasteiger partial charge is 0.341 e. The molecule has 0 aliphatic carbocycles. The van der Waals surface area contributed by atoms with E-state index in [1.165, 1.54) is 6.07 Å². The van der Waals surface area contributed by atoms with Gasteiger partial charge in [-0.3, -0.25) is 0 Å². The first-order valence-corrected chi connectivity index (χ1v) is 5.02. The lowest BCUT2D eigenvalue weighted by atomic mass is 10.2. The van der Waals surface area contributed by atoms with Crippen LogP contribution in [0.1, 0.15) is 23.7 Å². The molecule has 0 amide bonds. The van der Waals surface area contributed by atoms with E-state index in [0.717, 1.165) is 12.1 Å². The van der Waals surface area contributed by atoms with E-state index < -0.39 is 11.7 Å². The van der Waals surface area contributed by atoms with Gasteiger partial charge in [0.1, 0.15) is 5.82 Å². The summed E-state index contributed by atoms with van der Waals surface area (Å²) in [7, 11) is 0. The summed E-state index contributed by atoms with van der Waals surface area (Å²) in [5, 5.41) is -0.360. The van der Waals surface area contributed by atoms with Gasteiger partial charge in [-0.05, 0) is 25.1 Å². The van der Waals surface area contributed by atoms with Crippen LogP contribution in [0.3, 0.4) is 0 Å². The van der Waals surface area contributed by atoms with Crippen molar-refractivity contribution in [2.75, 3.05) is 0 Å². The second-order valence-corrected chi connectivity index (χ2v) is 4.12. The highest BCUT2D eigenvalue weighted by Gasteiger charge is 2.30. The highest BCUT2D eigenvalue weighted by atomic mass is 35.5. The minimum absolute atomic E-state index is 0.345. The van der Waals surface area contributed by atoms with Crippen LogP contribution in [0.15, 0.2) is 18.2 Å². The standard InChI is InChI=1S/C10H8ClF3N2/c1-5(11)9-15-7-3-2-6(10(12,13)14)4-8(7)16-9/h2-5H,1H3,(H,15,16). The van der Waals surface area contributed by atoms with Crippen molar-refractivity contribution in [3.8, 4) is 0 Å². The van der Waals surface area contributed by atoms with Crippen LogP contribution in [-0.4, -0.2) is 9.97 Å². The van der Waals surface area contributed by atoms with Crippen LogP contribution in [0.4, 0.5) is 13.2 Å². The van der Waals surface area contributed by atoms with Crippen molar-refractivity contribution in [2.24, 2.45) is 0 Å². The molecule has 1 heterocycles. The summed E-state index contributed by atoms with van der Waals surface area (Å²) in [5.74, 6) is 0.469. The van der Waals surface area contributed by atoms with Gasteiger partial charge in [-0.25, -0.2) is 4.98 Å². The Morgan fingerprint density at radius 1 is 1.38 bits per heavy atom. The largest absolute Gasteiger partial charge is 0.416 e. The predicted octanol–water partition coefficient (Wildman–Crippen LogP) is 3.88. The molecular formula is C10H8ClF3N2. The van der Waals surface area contributed by atoms with Crippen molar-refractivity contribution in [3.05, 3.63) is 29.6 Å². The number of nitrogens with zero attached hydrogens (tertiary/aromatic N) is 1. The Kier molecular flexibility index (Phi) is 2.58. The molecule has 0 saturated heterocycles. The van der Waals surface area contributed by atoms with Gasteiger partial charge in [-0.1, -0.05) is 0 Å². The lowest BCUT2D eigenvalue weighted by Gasteiger charge is -2.05. The fourth-order valence-electron chi connectivity index (χ4n) is 1.39. The van der Waals surface area contributed by atoms with Gasteiger partial charge in [-0.15, -0.1) is 11.6 Å². The molecule has 0 fully saturated rings. The van der Waals surface area contributed by atoms with Crippen LogP contribution >= 0.6 is 11.6 Å². The molecular weight excluding hydrogens is 241 g/mol. The predicted molar refractivity (Wildman–Crippen MR) is 55.4 cm³/mol. The van der Waals surface area contributed by atoms with E-state index in [4.69, 9.17) is 11.6 Å². The van der Waals surface area contributed by atoms with Crippen LogP contribution in [0.25, 0.3) is 11.0 Å². The molecule has 1 atom stereocenters. The Hall–Kier alpha value is -1.23. The average molecular weight is 249 g/mol. The molecule has 6 heteroatoms. The Balaban J connectivity index is 2.54. The molecule has 0 spiro atoms. The monoisotopic (exact) mass is 248 g/mol. The molecule has 2 rings (SSSR count). The van der Waals surface area contributed by atoms with Crippen LogP contribution < -0.4 is 0 Å². The topological polar surface area (TPSA) is 28.7 Å². The molecule has 16 heavy (non-hydrogen) atoms. The van der Waals surface area contributed by atoms with Crippen molar-refractivity contribution < 1.29 is 13.2 Å². The number of benzene rings is 1. The van der Waals surface area contributed by atoms with Crippen LogP contribution in [0.2, 0.25) is 0 Å². The van der Waals surface area contributed by atoms with Gasteiger partial charge in [0.15, 0.2) is 0 Å². The number of aromatic nitrogens is 2. The van der Waals surface area contributed by atoms with Crippen molar-refractivity contribution >= 4 is 22.6 Å². The second kappa shape index (κ2) is 3.66. The number of nitrogens with one attached hydrogen (secondary N) is 1. The number of hydrogen-bond donors (Lipinski definition) is 1. The van der Waals surface area contributed by atoms with Crippen molar-refractivity contribution in [1.29, 1.82) is 0 Å². The van der Waals surface area contributed by atoms with E-state index in [-0.39, 0.29) is 5.38 Å². The van der Waals surface area contributed by atoms with E-state index in [1.54, 1.807) is 6.92 Å². The number of aromatic amines is 1. The zero-order valence-corrected chi connectivity index (χ0v) is 9.02. The third-order valence-corrected chi connectivity index (χ3v) is 2.41. The zero-order chi connectivity index (χ0) is 11.9. The number of rotatable bonds is 1. The zero-order valence-electron chi connectivity index (χ0n) is 8.27. The molecule has 0 saturated carbocycles. The molecule has 2 aromatic rings. The average Bonchev–Trinajstić information content (AvgIpc) is 2.58. The summed E-state index contributed by atoms with van der Waals surface area (Å²) in [4.78, 5) is 6.84. The van der Waals surface area contributed by atoms with Crippen molar-refractivity contribution in [2.45, 2.75) is 18.5 Å². The Bertz CT molecular complexity index is 516. The summed E-state index contributed by atoms with van der Waals surface area (Å²) >= 11 is 5.79. The molecule has 0 aliphatic rings. The van der Waals surface area contributed by atoms with Gasteiger partial charge in [0.05, 0.1) is 22.0 Å². The lowest BCUT2D eigenvalue weighted by Crippen LogP contribution is -2.04. The summed E-state index contributed by atoms with van der Waals surface area (Å²) in [6, 6.07) is 3.37. The van der Waals surface area contributed by atoms with E-state index >= 15 is 0 Å². The van der Waals surface area contributed by atoms with Crippen LogP contribution in [0, 0.1) is 0 Å². The molecule has 2 nitrogen and oxygen atoms in total.